The van der Waals surface area contributed by atoms with E-state index < -0.39 is 32.5 Å². The van der Waals surface area contributed by atoms with Crippen LogP contribution in [0.2, 0.25) is 0 Å². The molecule has 10 heteroatoms. The summed E-state index contributed by atoms with van der Waals surface area (Å²) < 4.78 is 32.8. The van der Waals surface area contributed by atoms with Gasteiger partial charge in [0.05, 0.1) is 13.2 Å². The monoisotopic (exact) mass is 902 g/mol. The number of nitrogens with two attached hydrogens (primary N) is 1. The standard InChI is InChI=1S/C53H92NO8P/c1-3-5-7-9-11-13-15-17-19-21-23-24-25-26-28-30-32-34-36-38-40-42-44-46-53(56)62-51(50-61-63(57,58)60-48-47-54)49-59-52(55)45-43-41-39-37-35-33-31-29-27-22-20-18-16-14-12-10-8-6-4-2/h5,7,11,13,17,19,23-24,26,28,32,34,38,40,51H,3-4,6,8-10,12,14-16,18,20-22,25,27,29-31,33,35-37,39,41-50,54H2,1-2H3,(H,57,58)/b7-5-,13-11-,19-17-,24-23-,28-26-,34-32-,40-38-. The topological polar surface area (TPSA) is 134 Å². The van der Waals surface area contributed by atoms with Gasteiger partial charge in [-0.25, -0.2) is 4.57 Å². The number of hydrogen-bond donors (Lipinski definition) is 2. The minimum Gasteiger partial charge on any atom is -0.462 e. The van der Waals surface area contributed by atoms with E-state index >= 15 is 0 Å². The quantitative estimate of drug-likeness (QED) is 0.0265. The molecule has 2 unspecified atom stereocenters. The Labute approximate surface area is 385 Å². The highest BCUT2D eigenvalue weighted by Gasteiger charge is 2.26. The van der Waals surface area contributed by atoms with Gasteiger partial charge in [-0.15, -0.1) is 0 Å². The minimum absolute atomic E-state index is 0.0409. The summed E-state index contributed by atoms with van der Waals surface area (Å²) in [5, 5.41) is 0. The molecule has 0 radical (unpaired) electrons. The second-order valence-electron chi connectivity index (χ2n) is 16.3. The van der Waals surface area contributed by atoms with E-state index in [1.807, 2.05) is 6.08 Å². The van der Waals surface area contributed by atoms with E-state index in [9.17, 15) is 19.0 Å². The van der Waals surface area contributed by atoms with Gasteiger partial charge in [-0.05, 0) is 64.2 Å². The zero-order valence-electron chi connectivity index (χ0n) is 40.0. The number of allylic oxidation sites excluding steroid dienone is 14. The molecule has 0 aliphatic rings. The number of unbranched alkanes of at least 4 members (excludes halogenated alkanes) is 19. The van der Waals surface area contributed by atoms with E-state index in [4.69, 9.17) is 24.3 Å². The summed E-state index contributed by atoms with van der Waals surface area (Å²) in [5.41, 5.74) is 5.36. The van der Waals surface area contributed by atoms with Crippen molar-refractivity contribution in [1.29, 1.82) is 0 Å². The fourth-order valence-corrected chi connectivity index (χ4v) is 7.39. The van der Waals surface area contributed by atoms with Gasteiger partial charge in [0.25, 0.3) is 0 Å². The summed E-state index contributed by atoms with van der Waals surface area (Å²) >= 11 is 0. The summed E-state index contributed by atoms with van der Waals surface area (Å²) in [6.45, 7) is 3.57. The smallest absolute Gasteiger partial charge is 0.462 e. The molecule has 0 amide bonds. The lowest BCUT2D eigenvalue weighted by Crippen LogP contribution is -2.29. The van der Waals surface area contributed by atoms with Crippen LogP contribution in [-0.2, 0) is 32.7 Å². The van der Waals surface area contributed by atoms with Crippen LogP contribution < -0.4 is 5.73 Å². The highest BCUT2D eigenvalue weighted by Crippen LogP contribution is 2.43. The summed E-state index contributed by atoms with van der Waals surface area (Å²) in [6, 6.07) is 0. The fourth-order valence-electron chi connectivity index (χ4n) is 6.62. The van der Waals surface area contributed by atoms with Gasteiger partial charge in [-0.2, -0.15) is 0 Å². The third-order valence-corrected chi connectivity index (χ3v) is 11.3. The predicted molar refractivity (Wildman–Crippen MR) is 265 cm³/mol. The number of carbonyl (C=O) groups excluding carboxylic acids is 2. The first-order valence-electron chi connectivity index (χ1n) is 25.1. The van der Waals surface area contributed by atoms with E-state index in [2.05, 4.69) is 92.8 Å². The van der Waals surface area contributed by atoms with Gasteiger partial charge >= 0.3 is 19.8 Å². The largest absolute Gasteiger partial charge is 0.472 e. The van der Waals surface area contributed by atoms with Crippen LogP contribution in [0.1, 0.15) is 206 Å². The number of carbonyl (C=O) groups is 2. The molecule has 63 heavy (non-hydrogen) atoms. The van der Waals surface area contributed by atoms with Gasteiger partial charge < -0.3 is 20.1 Å². The summed E-state index contributed by atoms with van der Waals surface area (Å²) in [6.07, 6.45) is 62.0. The number of phosphoric acid groups is 1. The zero-order valence-corrected chi connectivity index (χ0v) is 40.9. The van der Waals surface area contributed by atoms with Gasteiger partial charge in [-0.3, -0.25) is 18.6 Å². The lowest BCUT2D eigenvalue weighted by molar-refractivity contribution is -0.161. The van der Waals surface area contributed by atoms with E-state index in [0.717, 1.165) is 64.2 Å². The van der Waals surface area contributed by atoms with Crippen molar-refractivity contribution in [2.24, 2.45) is 5.73 Å². The molecule has 0 saturated heterocycles. The number of ether oxygens (including phenoxy) is 2. The Morgan fingerprint density at radius 1 is 0.492 bits per heavy atom. The number of esters is 2. The normalized spacial score (nSPS) is 13.9. The van der Waals surface area contributed by atoms with Gasteiger partial charge in [0.15, 0.2) is 6.10 Å². The minimum atomic E-state index is -4.40. The van der Waals surface area contributed by atoms with Crippen molar-refractivity contribution in [2.75, 3.05) is 26.4 Å². The molecule has 0 aliphatic heterocycles. The van der Waals surface area contributed by atoms with Crippen LogP contribution in [0.5, 0.6) is 0 Å². The zero-order chi connectivity index (χ0) is 46.0. The first kappa shape index (κ1) is 60.2. The highest BCUT2D eigenvalue weighted by molar-refractivity contribution is 7.47. The molecule has 0 rings (SSSR count). The second kappa shape index (κ2) is 48.6. The van der Waals surface area contributed by atoms with E-state index in [1.54, 1.807) is 0 Å². The van der Waals surface area contributed by atoms with Crippen molar-refractivity contribution in [1.82, 2.24) is 0 Å². The lowest BCUT2D eigenvalue weighted by Gasteiger charge is -2.19. The molecular formula is C53H92NO8P. The molecule has 0 bridgehead atoms. The average molecular weight is 902 g/mol. The average Bonchev–Trinajstić information content (AvgIpc) is 3.27. The molecule has 0 heterocycles. The summed E-state index contributed by atoms with van der Waals surface area (Å²) in [4.78, 5) is 35.0. The van der Waals surface area contributed by atoms with Crippen LogP contribution in [0.15, 0.2) is 85.1 Å². The Hall–Kier alpha value is -2.81. The molecule has 0 aromatic carbocycles. The maximum absolute atomic E-state index is 12.6. The first-order chi connectivity index (χ1) is 30.8. The van der Waals surface area contributed by atoms with Crippen LogP contribution in [-0.4, -0.2) is 49.3 Å². The maximum Gasteiger partial charge on any atom is 0.472 e. The Bertz CT molecular complexity index is 1300. The third kappa shape index (κ3) is 48.5. The molecule has 0 aromatic heterocycles. The van der Waals surface area contributed by atoms with Crippen molar-refractivity contribution in [2.45, 2.75) is 213 Å². The third-order valence-electron chi connectivity index (χ3n) is 10.3. The molecule has 0 saturated carbocycles. The second-order valence-corrected chi connectivity index (χ2v) is 17.8. The number of rotatable bonds is 46. The molecule has 0 aromatic rings. The van der Waals surface area contributed by atoms with E-state index in [0.29, 0.717) is 12.8 Å². The Balaban J connectivity index is 4.19. The van der Waals surface area contributed by atoms with Crippen molar-refractivity contribution in [3.05, 3.63) is 85.1 Å². The van der Waals surface area contributed by atoms with Gasteiger partial charge in [0, 0.05) is 19.4 Å². The molecule has 3 N–H and O–H groups in total. The molecule has 0 spiro atoms. The Morgan fingerprint density at radius 3 is 1.29 bits per heavy atom. The molecular weight excluding hydrogens is 810 g/mol. The first-order valence-corrected chi connectivity index (χ1v) is 26.6. The van der Waals surface area contributed by atoms with E-state index in [1.165, 1.54) is 103 Å². The Morgan fingerprint density at radius 2 is 0.873 bits per heavy atom. The van der Waals surface area contributed by atoms with Crippen LogP contribution in [0.3, 0.4) is 0 Å². The number of hydrogen-bond acceptors (Lipinski definition) is 8. The van der Waals surface area contributed by atoms with Crippen LogP contribution >= 0.6 is 7.82 Å². The van der Waals surface area contributed by atoms with Crippen molar-refractivity contribution in [3.63, 3.8) is 0 Å². The highest BCUT2D eigenvalue weighted by atomic mass is 31.2. The van der Waals surface area contributed by atoms with E-state index in [-0.39, 0.29) is 32.6 Å². The van der Waals surface area contributed by atoms with Gasteiger partial charge in [0.2, 0.25) is 0 Å². The summed E-state index contributed by atoms with van der Waals surface area (Å²) in [5.74, 6) is -0.897. The number of phosphoric ester groups is 1. The van der Waals surface area contributed by atoms with Crippen molar-refractivity contribution >= 4 is 19.8 Å². The maximum atomic E-state index is 12.6. The van der Waals surface area contributed by atoms with Crippen molar-refractivity contribution < 1.29 is 37.6 Å². The van der Waals surface area contributed by atoms with Crippen LogP contribution in [0.25, 0.3) is 0 Å². The Kier molecular flexibility index (Phi) is 46.5. The SMILES string of the molecule is CC/C=C\C/C=C\C/C=C\C/C=C\C/C=C\C/C=C\C/C=C\CCCC(=O)OC(COC(=O)CCCCCCCCCCCCCCCCCCCCC)COP(=O)(O)OCCN. The molecule has 0 aliphatic carbocycles. The van der Waals surface area contributed by atoms with Gasteiger partial charge in [-0.1, -0.05) is 214 Å². The van der Waals surface area contributed by atoms with Crippen LogP contribution in [0.4, 0.5) is 0 Å². The lowest BCUT2D eigenvalue weighted by atomic mass is 10.0. The molecule has 0 fully saturated rings. The molecule has 9 nitrogen and oxygen atoms in total. The van der Waals surface area contributed by atoms with Crippen molar-refractivity contribution in [3.8, 4) is 0 Å². The molecule has 362 valence electrons. The van der Waals surface area contributed by atoms with Gasteiger partial charge in [0.1, 0.15) is 6.61 Å². The van der Waals surface area contributed by atoms with Crippen LogP contribution in [0, 0.1) is 0 Å². The fraction of sp³-hybridized carbons (Fsp3) is 0.698. The molecule has 2 atom stereocenters. The summed E-state index contributed by atoms with van der Waals surface area (Å²) in [7, 11) is -4.40. The predicted octanol–water partition coefficient (Wildman–Crippen LogP) is 15.2.